The lowest BCUT2D eigenvalue weighted by atomic mass is 9.53. The van der Waals surface area contributed by atoms with Gasteiger partial charge in [-0.2, -0.15) is 0 Å². The van der Waals surface area contributed by atoms with Crippen molar-refractivity contribution in [1.82, 2.24) is 9.88 Å². The highest BCUT2D eigenvalue weighted by Crippen LogP contribution is 2.57. The second-order valence-corrected chi connectivity index (χ2v) is 10.6. The van der Waals surface area contributed by atoms with E-state index in [2.05, 4.69) is 25.7 Å². The Kier molecular flexibility index (Phi) is 6.24. The maximum absolute atomic E-state index is 13.1. The number of aliphatic hydroxyl groups excluding tert-OH is 1. The van der Waals surface area contributed by atoms with Crippen LogP contribution in [0.1, 0.15) is 50.1 Å². The molecule has 3 aliphatic rings. The number of thiazole rings is 1. The van der Waals surface area contributed by atoms with Gasteiger partial charge in [0.15, 0.2) is 5.13 Å². The van der Waals surface area contributed by atoms with E-state index in [4.69, 9.17) is 9.72 Å². The van der Waals surface area contributed by atoms with Gasteiger partial charge >= 0.3 is 0 Å². The first-order chi connectivity index (χ1) is 14.4. The molecule has 6 atom stereocenters. The zero-order chi connectivity index (χ0) is 21.5. The summed E-state index contributed by atoms with van der Waals surface area (Å²) in [5.74, 6) is 0.298. The second kappa shape index (κ2) is 8.60. The number of hydrogen-bond donors (Lipinski definition) is 2. The molecule has 0 spiro atoms. The van der Waals surface area contributed by atoms with E-state index in [1.807, 2.05) is 17.9 Å². The minimum Gasteiger partial charge on any atom is -0.392 e. The molecule has 1 aromatic heterocycles. The number of aliphatic hydroxyl groups is 1. The average molecular weight is 434 g/mol. The third-order valence-corrected chi connectivity index (χ3v) is 8.70. The number of aromatic nitrogens is 1. The molecule has 1 aliphatic heterocycles. The lowest BCUT2D eigenvalue weighted by Crippen LogP contribution is -2.54. The van der Waals surface area contributed by atoms with Crippen LogP contribution in [0, 0.1) is 23.2 Å². The highest BCUT2D eigenvalue weighted by Gasteiger charge is 2.54. The van der Waals surface area contributed by atoms with Crippen LogP contribution in [0.3, 0.4) is 0 Å². The number of fused-ring (bicyclic) bond motifs is 2. The van der Waals surface area contributed by atoms with Crippen LogP contribution < -0.4 is 5.32 Å². The van der Waals surface area contributed by atoms with Crippen molar-refractivity contribution in [1.29, 1.82) is 0 Å². The van der Waals surface area contributed by atoms with E-state index < -0.39 is 6.10 Å². The first-order valence-electron chi connectivity index (χ1n) is 11.2. The molecule has 166 valence electrons. The molecule has 0 radical (unpaired) electrons. The maximum atomic E-state index is 13.1. The van der Waals surface area contributed by atoms with Gasteiger partial charge in [0.05, 0.1) is 25.0 Å². The minimum absolute atomic E-state index is 0.000540. The van der Waals surface area contributed by atoms with Crippen LogP contribution in [0.2, 0.25) is 0 Å². The number of carbonyl (C=O) groups excluding carboxylic acids is 1. The Morgan fingerprint density at radius 1 is 1.50 bits per heavy atom. The standard InChI is InChI=1S/C23H35N3O3S/c1-5-8-24-22-25-19-15(3)18-20(27)16(6-7-23(18,4)13-17(19)30-22)14(2)21(28)26-9-11-29-12-10-26/h5,14-16,18,20,27H,1,6-13H2,2-4H3,(H,24,25)/t14-,15+,16-,18+,20-,23+/m0/s1. The van der Waals surface area contributed by atoms with Crippen LogP contribution >= 0.6 is 11.3 Å². The predicted molar refractivity (Wildman–Crippen MR) is 120 cm³/mol. The molecule has 2 N–H and O–H groups in total. The fourth-order valence-corrected chi connectivity index (χ4v) is 7.31. The summed E-state index contributed by atoms with van der Waals surface area (Å²) in [6.07, 6.45) is 4.25. The summed E-state index contributed by atoms with van der Waals surface area (Å²) >= 11 is 1.74. The molecule has 0 bridgehead atoms. The number of rotatable bonds is 5. The molecule has 2 fully saturated rings. The van der Waals surface area contributed by atoms with Gasteiger partial charge in [0.1, 0.15) is 0 Å². The van der Waals surface area contributed by atoms with Crippen LogP contribution in [0.4, 0.5) is 5.13 Å². The zero-order valence-electron chi connectivity index (χ0n) is 18.4. The largest absolute Gasteiger partial charge is 0.392 e. The second-order valence-electron chi connectivity index (χ2n) is 9.56. The quantitative estimate of drug-likeness (QED) is 0.697. The van der Waals surface area contributed by atoms with Crippen molar-refractivity contribution in [3.63, 3.8) is 0 Å². The van der Waals surface area contributed by atoms with E-state index in [0.717, 1.165) is 30.1 Å². The third kappa shape index (κ3) is 3.80. The van der Waals surface area contributed by atoms with E-state index in [-0.39, 0.29) is 35.0 Å². The predicted octanol–water partition coefficient (Wildman–Crippen LogP) is 3.29. The number of nitrogens with one attached hydrogen (secondary N) is 1. The molecule has 1 saturated carbocycles. The van der Waals surface area contributed by atoms with Crippen LogP contribution in [0.5, 0.6) is 0 Å². The van der Waals surface area contributed by atoms with E-state index in [1.54, 1.807) is 11.3 Å². The smallest absolute Gasteiger partial charge is 0.225 e. The molecule has 4 rings (SSSR count). The molecule has 1 amide bonds. The Morgan fingerprint density at radius 3 is 2.93 bits per heavy atom. The van der Waals surface area contributed by atoms with Gasteiger partial charge in [0.25, 0.3) is 0 Å². The Bertz CT molecular complexity index is 791. The number of ether oxygens (including phenoxy) is 1. The molecule has 2 heterocycles. The fraction of sp³-hybridized carbons (Fsp3) is 0.739. The van der Waals surface area contributed by atoms with E-state index >= 15 is 0 Å². The van der Waals surface area contributed by atoms with Crippen molar-refractivity contribution in [2.45, 2.75) is 52.1 Å². The van der Waals surface area contributed by atoms with Gasteiger partial charge in [-0.3, -0.25) is 4.79 Å². The topological polar surface area (TPSA) is 74.7 Å². The first kappa shape index (κ1) is 21.8. The molecule has 1 saturated heterocycles. The fourth-order valence-electron chi connectivity index (χ4n) is 6.04. The van der Waals surface area contributed by atoms with E-state index in [1.165, 1.54) is 4.88 Å². The van der Waals surface area contributed by atoms with Crippen molar-refractivity contribution >= 4 is 22.4 Å². The minimum atomic E-state index is -0.488. The number of nitrogens with zero attached hydrogens (tertiary/aromatic N) is 2. The van der Waals surface area contributed by atoms with Crippen molar-refractivity contribution in [3.8, 4) is 0 Å². The van der Waals surface area contributed by atoms with E-state index in [0.29, 0.717) is 32.8 Å². The summed E-state index contributed by atoms with van der Waals surface area (Å²) in [5.41, 5.74) is 1.17. The van der Waals surface area contributed by atoms with Gasteiger partial charge < -0.3 is 20.1 Å². The van der Waals surface area contributed by atoms with Gasteiger partial charge in [-0.25, -0.2) is 4.98 Å². The molecule has 6 nitrogen and oxygen atoms in total. The Hall–Kier alpha value is -1.44. The maximum Gasteiger partial charge on any atom is 0.225 e. The summed E-state index contributed by atoms with van der Waals surface area (Å²) in [6.45, 7) is 13.5. The monoisotopic (exact) mass is 433 g/mol. The Balaban J connectivity index is 1.54. The van der Waals surface area contributed by atoms with E-state index in [9.17, 15) is 9.90 Å². The molecule has 0 aromatic carbocycles. The summed E-state index contributed by atoms with van der Waals surface area (Å²) in [4.78, 5) is 21.2. The Morgan fingerprint density at radius 2 is 2.23 bits per heavy atom. The van der Waals surface area contributed by atoms with Crippen LogP contribution in [-0.2, 0) is 16.0 Å². The lowest BCUT2D eigenvalue weighted by molar-refractivity contribution is -0.148. The van der Waals surface area contributed by atoms with Crippen LogP contribution in [0.25, 0.3) is 0 Å². The number of hydrogen-bond acceptors (Lipinski definition) is 6. The first-order valence-corrected chi connectivity index (χ1v) is 12.1. The summed E-state index contributed by atoms with van der Waals surface area (Å²) in [7, 11) is 0. The normalized spacial score (nSPS) is 34.6. The lowest BCUT2D eigenvalue weighted by Gasteiger charge is -2.53. The molecule has 7 heteroatoms. The highest BCUT2D eigenvalue weighted by molar-refractivity contribution is 7.15. The molecule has 0 unspecified atom stereocenters. The Labute approximate surface area is 183 Å². The number of anilines is 1. The van der Waals surface area contributed by atoms with Crippen LogP contribution in [0.15, 0.2) is 12.7 Å². The molecule has 2 aliphatic carbocycles. The molecule has 30 heavy (non-hydrogen) atoms. The zero-order valence-corrected chi connectivity index (χ0v) is 19.2. The third-order valence-electron chi connectivity index (χ3n) is 7.67. The number of amides is 1. The van der Waals surface area contributed by atoms with Crippen molar-refractivity contribution < 1.29 is 14.6 Å². The van der Waals surface area contributed by atoms with Crippen molar-refractivity contribution in [2.24, 2.45) is 23.2 Å². The summed E-state index contributed by atoms with van der Waals surface area (Å²) in [5, 5.41) is 15.8. The van der Waals surface area contributed by atoms with Gasteiger partial charge in [-0.15, -0.1) is 17.9 Å². The SMILES string of the molecule is C=CCNc1nc2c(s1)C[C@@]1(C)CC[C@@H]([C@H](C)C(=O)N3CCOCC3)[C@H](O)[C@H]1[C@H]2C. The molecular formula is C23H35N3O3S. The van der Waals surface area contributed by atoms with Gasteiger partial charge in [-0.05, 0) is 36.5 Å². The van der Waals surface area contributed by atoms with Crippen molar-refractivity contribution in [2.75, 3.05) is 38.2 Å². The number of carbonyl (C=O) groups is 1. The van der Waals surface area contributed by atoms with Crippen molar-refractivity contribution in [3.05, 3.63) is 23.2 Å². The molecule has 1 aromatic rings. The van der Waals surface area contributed by atoms with Gasteiger partial charge in [0, 0.05) is 36.3 Å². The highest BCUT2D eigenvalue weighted by atomic mass is 32.1. The van der Waals surface area contributed by atoms with Crippen LogP contribution in [-0.4, -0.2) is 59.8 Å². The summed E-state index contributed by atoms with van der Waals surface area (Å²) in [6, 6.07) is 0. The number of morpholine rings is 1. The summed E-state index contributed by atoms with van der Waals surface area (Å²) < 4.78 is 5.39. The molecular weight excluding hydrogens is 398 g/mol. The average Bonchev–Trinajstić information content (AvgIpc) is 3.14. The van der Waals surface area contributed by atoms with Gasteiger partial charge in [0.2, 0.25) is 5.91 Å². The van der Waals surface area contributed by atoms with Gasteiger partial charge in [-0.1, -0.05) is 26.8 Å².